The van der Waals surface area contributed by atoms with Crippen LogP contribution in [-0.4, -0.2) is 12.1 Å². The normalized spacial score (nSPS) is 33.9. The molecule has 2 nitrogen and oxygen atoms in total. The van der Waals surface area contributed by atoms with E-state index in [4.69, 9.17) is 0 Å². The van der Waals surface area contributed by atoms with Gasteiger partial charge in [0.2, 0.25) is 0 Å². The number of rotatable bonds is 1. The molecular formula is C8H12O2. The minimum atomic E-state index is -0.338. The van der Waals surface area contributed by atoms with Crippen molar-refractivity contribution in [1.29, 1.82) is 0 Å². The Hall–Kier alpha value is -0.660. The number of ketones is 1. The van der Waals surface area contributed by atoms with Gasteiger partial charge in [0.1, 0.15) is 12.1 Å². The van der Waals surface area contributed by atoms with Crippen molar-refractivity contribution in [2.75, 3.05) is 0 Å². The van der Waals surface area contributed by atoms with Crippen LogP contribution in [0.5, 0.6) is 0 Å². The zero-order valence-corrected chi connectivity index (χ0v) is 6.22. The number of hydrogen-bond donors (Lipinski definition) is 0. The molecule has 0 unspecified atom stereocenters. The lowest BCUT2D eigenvalue weighted by Gasteiger charge is -2.25. The monoisotopic (exact) mass is 140 g/mol. The fourth-order valence-electron chi connectivity index (χ4n) is 1.42. The fraction of sp³-hybridized carbons (Fsp3) is 0.750. The third-order valence-corrected chi connectivity index (χ3v) is 2.09. The van der Waals surface area contributed by atoms with Gasteiger partial charge in [0.15, 0.2) is 0 Å². The first-order chi connectivity index (χ1) is 4.66. The predicted octanol–water partition coefficient (Wildman–Crippen LogP) is 1.33. The number of hydrogen-bond acceptors (Lipinski definition) is 2. The van der Waals surface area contributed by atoms with Crippen molar-refractivity contribution in [2.45, 2.75) is 32.6 Å². The van der Waals surface area contributed by atoms with Gasteiger partial charge in [0.05, 0.1) is 0 Å². The molecule has 0 amide bonds. The SMILES string of the molecule is C[C@]1(C=O)CCCC(=O)C1. The lowest BCUT2D eigenvalue weighted by atomic mass is 9.76. The molecule has 2 heteroatoms. The third-order valence-electron chi connectivity index (χ3n) is 2.09. The van der Waals surface area contributed by atoms with E-state index in [-0.39, 0.29) is 11.2 Å². The molecule has 0 radical (unpaired) electrons. The van der Waals surface area contributed by atoms with Crippen LogP contribution in [0.1, 0.15) is 32.6 Å². The van der Waals surface area contributed by atoms with Gasteiger partial charge in [0, 0.05) is 18.3 Å². The average Bonchev–Trinajstić information content (AvgIpc) is 1.88. The van der Waals surface area contributed by atoms with E-state index >= 15 is 0 Å². The highest BCUT2D eigenvalue weighted by Crippen LogP contribution is 2.31. The molecule has 0 heterocycles. The Labute approximate surface area is 60.6 Å². The lowest BCUT2D eigenvalue weighted by molar-refractivity contribution is -0.129. The molecule has 0 N–H and O–H groups in total. The second-order valence-electron chi connectivity index (χ2n) is 3.34. The maximum Gasteiger partial charge on any atom is 0.133 e. The van der Waals surface area contributed by atoms with Crippen LogP contribution in [0.15, 0.2) is 0 Å². The van der Waals surface area contributed by atoms with Gasteiger partial charge in [-0.05, 0) is 12.8 Å². The van der Waals surface area contributed by atoms with Crippen LogP contribution in [-0.2, 0) is 9.59 Å². The van der Waals surface area contributed by atoms with Gasteiger partial charge in [-0.2, -0.15) is 0 Å². The summed E-state index contributed by atoms with van der Waals surface area (Å²) in [5.74, 6) is 0.237. The zero-order chi connectivity index (χ0) is 7.61. The molecule has 1 aliphatic carbocycles. The molecule has 1 rings (SSSR count). The lowest BCUT2D eigenvalue weighted by Crippen LogP contribution is -2.26. The van der Waals surface area contributed by atoms with Crippen molar-refractivity contribution >= 4 is 12.1 Å². The van der Waals surface area contributed by atoms with E-state index < -0.39 is 0 Å². The molecule has 1 aliphatic rings. The van der Waals surface area contributed by atoms with Gasteiger partial charge in [-0.15, -0.1) is 0 Å². The Kier molecular flexibility index (Phi) is 1.88. The predicted molar refractivity (Wildman–Crippen MR) is 37.6 cm³/mol. The number of carbonyl (C=O) groups is 2. The van der Waals surface area contributed by atoms with Gasteiger partial charge in [-0.25, -0.2) is 0 Å². The molecule has 0 aliphatic heterocycles. The number of Topliss-reactive ketones (excluding diaryl/α,β-unsaturated/α-hetero) is 1. The molecule has 1 atom stereocenters. The van der Waals surface area contributed by atoms with Gasteiger partial charge in [-0.1, -0.05) is 6.92 Å². The number of carbonyl (C=O) groups excluding carboxylic acids is 2. The molecule has 0 saturated heterocycles. The summed E-state index contributed by atoms with van der Waals surface area (Å²) in [7, 11) is 0. The molecule has 10 heavy (non-hydrogen) atoms. The van der Waals surface area contributed by atoms with Crippen LogP contribution in [0.2, 0.25) is 0 Å². The van der Waals surface area contributed by atoms with Crippen LogP contribution in [0, 0.1) is 5.41 Å². The third kappa shape index (κ3) is 1.43. The minimum absolute atomic E-state index is 0.237. The van der Waals surface area contributed by atoms with Crippen molar-refractivity contribution in [3.05, 3.63) is 0 Å². The van der Waals surface area contributed by atoms with E-state index in [1.54, 1.807) is 0 Å². The maximum atomic E-state index is 10.9. The van der Waals surface area contributed by atoms with Crippen LogP contribution in [0.25, 0.3) is 0 Å². The zero-order valence-electron chi connectivity index (χ0n) is 6.22. The van der Waals surface area contributed by atoms with Crippen molar-refractivity contribution in [3.8, 4) is 0 Å². The molecule has 1 saturated carbocycles. The van der Waals surface area contributed by atoms with Crippen LogP contribution >= 0.6 is 0 Å². The summed E-state index contributed by atoms with van der Waals surface area (Å²) >= 11 is 0. The molecule has 0 bridgehead atoms. The largest absolute Gasteiger partial charge is 0.303 e. The highest BCUT2D eigenvalue weighted by Gasteiger charge is 2.30. The molecular weight excluding hydrogens is 128 g/mol. The Morgan fingerprint density at radius 1 is 1.60 bits per heavy atom. The van der Waals surface area contributed by atoms with Gasteiger partial charge >= 0.3 is 0 Å². The van der Waals surface area contributed by atoms with Crippen molar-refractivity contribution < 1.29 is 9.59 Å². The van der Waals surface area contributed by atoms with Crippen molar-refractivity contribution in [1.82, 2.24) is 0 Å². The van der Waals surface area contributed by atoms with E-state index in [0.717, 1.165) is 19.1 Å². The van der Waals surface area contributed by atoms with Crippen molar-refractivity contribution in [3.63, 3.8) is 0 Å². The summed E-state index contributed by atoms with van der Waals surface area (Å²) in [6, 6.07) is 0. The van der Waals surface area contributed by atoms with Crippen LogP contribution in [0.3, 0.4) is 0 Å². The molecule has 0 spiro atoms. The standard InChI is InChI=1S/C8H12O2/c1-8(6-9)4-2-3-7(10)5-8/h6H,2-5H2,1H3/t8-/m0/s1. The van der Waals surface area contributed by atoms with E-state index in [2.05, 4.69) is 0 Å². The summed E-state index contributed by atoms with van der Waals surface area (Å²) in [4.78, 5) is 21.4. The van der Waals surface area contributed by atoms with Gasteiger partial charge in [-0.3, -0.25) is 4.79 Å². The maximum absolute atomic E-state index is 10.9. The van der Waals surface area contributed by atoms with E-state index in [9.17, 15) is 9.59 Å². The van der Waals surface area contributed by atoms with E-state index in [1.807, 2.05) is 6.92 Å². The summed E-state index contributed by atoms with van der Waals surface area (Å²) in [5.41, 5.74) is -0.338. The Bertz CT molecular complexity index is 163. The Balaban J connectivity index is 2.61. The van der Waals surface area contributed by atoms with Crippen LogP contribution < -0.4 is 0 Å². The minimum Gasteiger partial charge on any atom is -0.303 e. The summed E-state index contributed by atoms with van der Waals surface area (Å²) in [6.07, 6.45) is 3.81. The van der Waals surface area contributed by atoms with Crippen LogP contribution in [0.4, 0.5) is 0 Å². The summed E-state index contributed by atoms with van der Waals surface area (Å²) < 4.78 is 0. The Morgan fingerprint density at radius 3 is 2.70 bits per heavy atom. The topological polar surface area (TPSA) is 34.1 Å². The highest BCUT2D eigenvalue weighted by molar-refractivity contribution is 5.83. The second kappa shape index (κ2) is 2.52. The van der Waals surface area contributed by atoms with E-state index in [1.165, 1.54) is 0 Å². The molecule has 56 valence electrons. The number of aldehydes is 1. The first-order valence-electron chi connectivity index (χ1n) is 3.64. The molecule has 0 aromatic carbocycles. The van der Waals surface area contributed by atoms with Crippen molar-refractivity contribution in [2.24, 2.45) is 5.41 Å². The molecule has 1 fully saturated rings. The first kappa shape index (κ1) is 7.45. The summed E-state index contributed by atoms with van der Waals surface area (Å²) in [5, 5.41) is 0. The smallest absolute Gasteiger partial charge is 0.133 e. The average molecular weight is 140 g/mol. The fourth-order valence-corrected chi connectivity index (χ4v) is 1.42. The highest BCUT2D eigenvalue weighted by atomic mass is 16.1. The molecule has 0 aromatic heterocycles. The quantitative estimate of drug-likeness (QED) is 0.515. The van der Waals surface area contributed by atoms with E-state index in [0.29, 0.717) is 12.8 Å². The Morgan fingerprint density at radius 2 is 2.30 bits per heavy atom. The second-order valence-corrected chi connectivity index (χ2v) is 3.34. The molecule has 0 aromatic rings. The summed E-state index contributed by atoms with van der Waals surface area (Å²) in [6.45, 7) is 1.86. The van der Waals surface area contributed by atoms with Gasteiger partial charge < -0.3 is 4.79 Å². The van der Waals surface area contributed by atoms with Gasteiger partial charge in [0.25, 0.3) is 0 Å². The first-order valence-corrected chi connectivity index (χ1v) is 3.64.